The molecule has 178 valence electrons. The van der Waals surface area contributed by atoms with Gasteiger partial charge in [-0.3, -0.25) is 9.59 Å². The number of methoxy groups -OCH3 is 1. The molecule has 2 N–H and O–H groups in total. The molecule has 12 heteroatoms. The van der Waals surface area contributed by atoms with E-state index < -0.39 is 29.3 Å². The first-order valence-corrected chi connectivity index (χ1v) is 11.8. The lowest BCUT2D eigenvalue weighted by Gasteiger charge is -2.25. The van der Waals surface area contributed by atoms with Crippen LogP contribution in [0.5, 0.6) is 5.75 Å². The second-order valence-corrected chi connectivity index (χ2v) is 9.39. The molecule has 1 heterocycles. The number of ether oxygens (including phenoxy) is 1. The summed E-state index contributed by atoms with van der Waals surface area (Å²) in [5.74, 6) is -1.59. The first kappa shape index (κ1) is 25.9. The first-order chi connectivity index (χ1) is 16.0. The van der Waals surface area contributed by atoms with Crippen molar-refractivity contribution in [3.63, 3.8) is 0 Å². The van der Waals surface area contributed by atoms with Crippen molar-refractivity contribution >= 4 is 56.8 Å². The number of hydrogen-bond donors (Lipinski definition) is 2. The highest BCUT2D eigenvalue weighted by atomic mass is 79.9. The summed E-state index contributed by atoms with van der Waals surface area (Å²) in [6, 6.07) is 10.4. The Morgan fingerprint density at radius 2 is 2.09 bits per heavy atom. The lowest BCUT2D eigenvalue weighted by Crippen LogP contribution is -2.31. The second-order valence-electron chi connectivity index (χ2n) is 7.08. The highest BCUT2D eigenvalue weighted by Crippen LogP contribution is 2.39. The van der Waals surface area contributed by atoms with Gasteiger partial charge in [0.15, 0.2) is 0 Å². The normalized spacial score (nSPS) is 16.0. The van der Waals surface area contributed by atoms with Crippen LogP contribution in [0.2, 0.25) is 5.02 Å². The van der Waals surface area contributed by atoms with Crippen molar-refractivity contribution in [2.75, 3.05) is 18.2 Å². The number of nitrogens with zero attached hydrogens (tertiary/aromatic N) is 1. The number of carbonyl (C=O) groups excluding carboxylic acids is 2. The van der Waals surface area contributed by atoms with Crippen molar-refractivity contribution in [3.05, 3.63) is 67.6 Å². The summed E-state index contributed by atoms with van der Waals surface area (Å²) in [5.41, 5.74) is -0.559. The molecule has 2 aromatic carbocycles. The van der Waals surface area contributed by atoms with E-state index in [1.807, 2.05) is 0 Å². The molecular formula is C22H16BrClF3N3O3S. The number of amides is 2. The fraction of sp³-hybridized carbons (Fsp3) is 0.227. The van der Waals surface area contributed by atoms with Gasteiger partial charge in [0, 0.05) is 16.8 Å². The zero-order valence-corrected chi connectivity index (χ0v) is 20.6. The van der Waals surface area contributed by atoms with Crippen molar-refractivity contribution in [3.8, 4) is 11.8 Å². The van der Waals surface area contributed by atoms with Crippen LogP contribution in [0.1, 0.15) is 23.5 Å². The minimum atomic E-state index is -4.67. The van der Waals surface area contributed by atoms with E-state index >= 15 is 0 Å². The molecule has 0 spiro atoms. The number of carbonyl (C=O) groups is 2. The van der Waals surface area contributed by atoms with E-state index in [2.05, 4.69) is 32.6 Å². The van der Waals surface area contributed by atoms with Crippen molar-refractivity contribution in [1.82, 2.24) is 5.32 Å². The van der Waals surface area contributed by atoms with Crippen LogP contribution in [0, 0.1) is 11.3 Å². The van der Waals surface area contributed by atoms with Gasteiger partial charge in [0.1, 0.15) is 5.75 Å². The van der Waals surface area contributed by atoms with Gasteiger partial charge in [-0.2, -0.15) is 18.4 Å². The molecule has 1 aliphatic heterocycles. The molecule has 0 fully saturated rings. The van der Waals surface area contributed by atoms with E-state index in [0.29, 0.717) is 16.3 Å². The van der Waals surface area contributed by atoms with E-state index in [-0.39, 0.29) is 33.2 Å². The van der Waals surface area contributed by atoms with Gasteiger partial charge < -0.3 is 15.4 Å². The van der Waals surface area contributed by atoms with Gasteiger partial charge in [0.05, 0.1) is 45.8 Å². The summed E-state index contributed by atoms with van der Waals surface area (Å²) in [4.78, 5) is 24.7. The van der Waals surface area contributed by atoms with Crippen LogP contribution in [0.4, 0.5) is 18.9 Å². The standard InChI is InChI=1S/C22H16BrClF3N3O3S/c1-33-18-5-2-11(6-16(18)24)13-8-19(31)30-21(14(13)9-28)34-10-20(32)29-17-4-3-12(23)7-15(17)22(25,26)27/h2-7,13H,8,10H2,1H3,(H,29,32)(H,30,31)/t13-/m1/s1. The molecule has 3 rings (SSSR count). The maximum Gasteiger partial charge on any atom is 0.418 e. The van der Waals surface area contributed by atoms with Crippen LogP contribution < -0.4 is 15.4 Å². The van der Waals surface area contributed by atoms with Crippen molar-refractivity contribution in [2.24, 2.45) is 0 Å². The molecule has 0 bridgehead atoms. The minimum Gasteiger partial charge on any atom is -0.495 e. The number of alkyl halides is 3. The summed E-state index contributed by atoms with van der Waals surface area (Å²) in [6.45, 7) is 0. The molecule has 2 amide bonds. The number of anilines is 1. The van der Waals surface area contributed by atoms with Crippen LogP contribution in [0.15, 0.2) is 51.5 Å². The molecule has 0 aromatic heterocycles. The molecule has 6 nitrogen and oxygen atoms in total. The molecular weight excluding hydrogens is 559 g/mol. The Bertz CT molecular complexity index is 1210. The monoisotopic (exact) mass is 573 g/mol. The third-order valence-electron chi connectivity index (χ3n) is 4.84. The Morgan fingerprint density at radius 3 is 2.71 bits per heavy atom. The van der Waals surface area contributed by atoms with Gasteiger partial charge in [-0.1, -0.05) is 45.4 Å². The molecule has 0 aliphatic carbocycles. The van der Waals surface area contributed by atoms with Gasteiger partial charge in [-0.05, 0) is 35.9 Å². The summed E-state index contributed by atoms with van der Waals surface area (Å²) >= 11 is 10.0. The third kappa shape index (κ3) is 6.05. The highest BCUT2D eigenvalue weighted by molar-refractivity contribution is 9.10. The number of nitrogens with one attached hydrogen (secondary N) is 2. The van der Waals surface area contributed by atoms with Crippen molar-refractivity contribution < 1.29 is 27.5 Å². The summed E-state index contributed by atoms with van der Waals surface area (Å²) in [7, 11) is 1.46. The minimum absolute atomic E-state index is 0.00432. The second kappa shape index (κ2) is 10.7. The zero-order valence-electron chi connectivity index (χ0n) is 17.4. The molecule has 0 unspecified atom stereocenters. The molecule has 1 atom stereocenters. The SMILES string of the molecule is COc1ccc([C@H]2CC(=O)NC(SCC(=O)Nc3ccc(Br)cc3C(F)(F)F)=C2C#N)cc1Cl. The lowest BCUT2D eigenvalue weighted by atomic mass is 9.87. The lowest BCUT2D eigenvalue weighted by molar-refractivity contribution is -0.137. The number of allylic oxidation sites excluding steroid dienone is 1. The highest BCUT2D eigenvalue weighted by Gasteiger charge is 2.34. The van der Waals surface area contributed by atoms with Crippen LogP contribution in [-0.4, -0.2) is 24.7 Å². The van der Waals surface area contributed by atoms with Gasteiger partial charge in [-0.15, -0.1) is 0 Å². The van der Waals surface area contributed by atoms with E-state index in [9.17, 15) is 28.0 Å². The van der Waals surface area contributed by atoms with Gasteiger partial charge in [0.2, 0.25) is 11.8 Å². The molecule has 2 aromatic rings. The van der Waals surface area contributed by atoms with Gasteiger partial charge >= 0.3 is 6.18 Å². The Kier molecular flexibility index (Phi) is 8.17. The quantitative estimate of drug-likeness (QED) is 0.452. The zero-order chi connectivity index (χ0) is 25.0. The fourth-order valence-corrected chi connectivity index (χ4v) is 4.81. The van der Waals surface area contributed by atoms with Crippen LogP contribution >= 0.6 is 39.3 Å². The average Bonchev–Trinajstić information content (AvgIpc) is 2.77. The third-order valence-corrected chi connectivity index (χ3v) is 6.65. The van der Waals surface area contributed by atoms with E-state index in [1.54, 1.807) is 18.2 Å². The molecule has 0 saturated heterocycles. The number of rotatable bonds is 6. The Hall–Kier alpha value is -2.68. The maximum absolute atomic E-state index is 13.3. The summed E-state index contributed by atoms with van der Waals surface area (Å²) < 4.78 is 45.2. The van der Waals surface area contributed by atoms with Crippen LogP contribution in [0.25, 0.3) is 0 Å². The molecule has 0 radical (unpaired) electrons. The Labute approximate surface area is 210 Å². The predicted molar refractivity (Wildman–Crippen MR) is 126 cm³/mol. The number of thioether (sulfide) groups is 1. The average molecular weight is 575 g/mol. The van der Waals surface area contributed by atoms with Crippen LogP contribution in [-0.2, 0) is 15.8 Å². The van der Waals surface area contributed by atoms with E-state index in [0.717, 1.165) is 23.9 Å². The number of nitriles is 1. The fourth-order valence-electron chi connectivity index (χ4n) is 3.30. The van der Waals surface area contributed by atoms with Gasteiger partial charge in [0.25, 0.3) is 0 Å². The maximum atomic E-state index is 13.3. The topological polar surface area (TPSA) is 91.2 Å². The number of halogens is 5. The molecule has 34 heavy (non-hydrogen) atoms. The number of benzene rings is 2. The summed E-state index contributed by atoms with van der Waals surface area (Å²) in [6.07, 6.45) is -4.67. The Balaban J connectivity index is 1.80. The largest absolute Gasteiger partial charge is 0.495 e. The smallest absolute Gasteiger partial charge is 0.418 e. The van der Waals surface area contributed by atoms with Gasteiger partial charge in [-0.25, -0.2) is 0 Å². The van der Waals surface area contributed by atoms with Crippen LogP contribution in [0.3, 0.4) is 0 Å². The van der Waals surface area contributed by atoms with Crippen molar-refractivity contribution in [2.45, 2.75) is 18.5 Å². The number of hydrogen-bond acceptors (Lipinski definition) is 5. The van der Waals surface area contributed by atoms with E-state index in [1.165, 1.54) is 13.2 Å². The first-order valence-electron chi connectivity index (χ1n) is 9.60. The van der Waals surface area contributed by atoms with E-state index in [4.69, 9.17) is 16.3 Å². The predicted octanol–water partition coefficient (Wildman–Crippen LogP) is 5.84. The molecule has 1 aliphatic rings. The summed E-state index contributed by atoms with van der Waals surface area (Å²) in [5, 5.41) is 15.0. The van der Waals surface area contributed by atoms with Crippen molar-refractivity contribution in [1.29, 1.82) is 5.26 Å². The molecule has 0 saturated carbocycles. The Morgan fingerprint density at radius 1 is 1.35 bits per heavy atom.